The van der Waals surface area contributed by atoms with E-state index in [-0.39, 0.29) is 38.1 Å². The van der Waals surface area contributed by atoms with Crippen LogP contribution in [0.3, 0.4) is 0 Å². The van der Waals surface area contributed by atoms with Crippen molar-refractivity contribution >= 4 is 74.9 Å². The van der Waals surface area contributed by atoms with Crippen molar-refractivity contribution in [3.63, 3.8) is 0 Å². The number of ether oxygens (including phenoxy) is 1. The summed E-state index contributed by atoms with van der Waals surface area (Å²) in [5.41, 5.74) is 0.311. The van der Waals surface area contributed by atoms with E-state index in [1.165, 1.54) is 36.5 Å². The maximum atomic E-state index is 12.6. The van der Waals surface area contributed by atoms with Crippen LogP contribution in [0.4, 0.5) is 0 Å². The van der Waals surface area contributed by atoms with Crippen molar-refractivity contribution in [3.05, 3.63) is 84.9 Å². The molecule has 0 saturated heterocycles. The number of carboxylic acids is 1. The molecule has 1 aliphatic carbocycles. The summed E-state index contributed by atoms with van der Waals surface area (Å²) in [6, 6.07) is 7.16. The zero-order valence-corrected chi connectivity index (χ0v) is 36.7. The van der Waals surface area contributed by atoms with E-state index in [1.807, 2.05) is 26.1 Å². The molecule has 1 atom stereocenters. The summed E-state index contributed by atoms with van der Waals surface area (Å²) in [5.74, 6) is 1.47. The molecule has 1 aliphatic rings. The molecule has 1 fully saturated rings. The third kappa shape index (κ3) is 16.6. The molecule has 0 aliphatic heterocycles. The van der Waals surface area contributed by atoms with E-state index in [0.29, 0.717) is 39.5 Å². The number of carbonyl (C=O) groups excluding carboxylic acids is 1. The number of sulfone groups is 1. The number of hydrogen-bond donors (Lipinski definition) is 3. The van der Waals surface area contributed by atoms with Gasteiger partial charge in [0.2, 0.25) is 5.89 Å². The number of nitrogens with zero attached hydrogens (tertiary/aromatic N) is 3. The zero-order chi connectivity index (χ0) is 43.5. The maximum absolute atomic E-state index is 12.6. The van der Waals surface area contributed by atoms with Gasteiger partial charge in [-0.2, -0.15) is 4.68 Å². The molecule has 22 heteroatoms. The second-order valence-corrected chi connectivity index (χ2v) is 20.8. The average molecular weight is 912 g/mol. The highest BCUT2D eigenvalue weighted by Crippen LogP contribution is 2.42. The Balaban J connectivity index is 0.000000299. The summed E-state index contributed by atoms with van der Waals surface area (Å²) in [6.45, 7) is 5.21. The first-order chi connectivity index (χ1) is 26.3. The highest BCUT2D eigenvalue weighted by molar-refractivity contribution is 7.94. The van der Waals surface area contributed by atoms with E-state index in [9.17, 15) is 32.3 Å². The number of nitrogens with one attached hydrogen (secondary N) is 1. The van der Waals surface area contributed by atoms with Gasteiger partial charge in [-0.1, -0.05) is 66.7 Å². The number of aliphatic carboxylic acids is 1. The molecule has 0 spiro atoms. The molecule has 2 aromatic carbocycles. The van der Waals surface area contributed by atoms with Gasteiger partial charge in [-0.3, -0.25) is 14.9 Å². The van der Waals surface area contributed by atoms with Gasteiger partial charge in [0, 0.05) is 34.2 Å². The van der Waals surface area contributed by atoms with E-state index in [4.69, 9.17) is 64.9 Å². The predicted molar refractivity (Wildman–Crippen MR) is 217 cm³/mol. The van der Waals surface area contributed by atoms with Crippen LogP contribution in [0.15, 0.2) is 55.2 Å². The molecule has 0 radical (unpaired) electrons. The standard InChI is InChI=1S/C15H14Cl2N2O3.C14H12ClNO4S.C3H8NO5P.C3H9S/c1-5-6-21-12-8-11(9(16)7-10(12)17)19-14(20)22-13(18-19)15(2,3)4;1-21(18,19)12-6-9(15)4-5-10(12)13(17)11-7-16-20-14(11)8-2-3-8;5-3(6)1-4-2-10(7,8)9;1-4(2)3/h1,7-8H,6H2,2-4H3;4-8H,2-3H2,1H3;4H,1-2H2,(H,5,6)(H2,7,8,9);1-3H3/q;;;+1/p-1. The minimum atomic E-state index is -4.35. The third-order valence-corrected chi connectivity index (χ3v) is 9.29. The molecule has 57 heavy (non-hydrogen) atoms. The molecule has 2 aromatic heterocycles. The Morgan fingerprint density at radius 3 is 2.25 bits per heavy atom. The average Bonchev–Trinajstić information content (AvgIpc) is 3.65. The monoisotopic (exact) mass is 910 g/mol. The predicted octanol–water partition coefficient (Wildman–Crippen LogP) is 4.94. The Morgan fingerprint density at radius 1 is 1.14 bits per heavy atom. The normalized spacial score (nSPS) is 13.4. The van der Waals surface area contributed by atoms with Gasteiger partial charge in [-0.15, -0.1) is 11.5 Å². The summed E-state index contributed by atoms with van der Waals surface area (Å²) in [6.07, 6.45) is 15.3. The fraction of sp³-hybridized carbons (Fsp3) is 0.400. The number of halogens is 3. The topological polar surface area (TPSA) is 244 Å². The van der Waals surface area contributed by atoms with Crippen molar-refractivity contribution in [2.45, 2.75) is 49.8 Å². The van der Waals surface area contributed by atoms with Crippen LogP contribution in [0.1, 0.15) is 67.1 Å². The number of ketones is 1. The quantitative estimate of drug-likeness (QED) is 0.0781. The first-order valence-corrected chi connectivity index (χ1v) is 23.6. The van der Waals surface area contributed by atoms with Crippen LogP contribution in [0.2, 0.25) is 15.1 Å². The summed E-state index contributed by atoms with van der Waals surface area (Å²) in [7, 11) is -7.27. The molecule has 0 bridgehead atoms. The second kappa shape index (κ2) is 21.4. The van der Waals surface area contributed by atoms with Gasteiger partial charge in [-0.25, -0.2) is 13.2 Å². The van der Waals surface area contributed by atoms with Crippen LogP contribution < -0.4 is 20.7 Å². The number of terminal acetylenes is 1. The number of benzene rings is 2. The Bertz CT molecular complexity index is 2280. The van der Waals surface area contributed by atoms with Crippen molar-refractivity contribution < 1.29 is 51.1 Å². The first-order valence-electron chi connectivity index (χ1n) is 16.4. The molecule has 0 amide bonds. The summed E-state index contributed by atoms with van der Waals surface area (Å²) in [4.78, 5) is 52.3. The Hall–Kier alpha value is -3.63. The van der Waals surface area contributed by atoms with E-state index in [1.54, 1.807) is 0 Å². The number of rotatable bonds is 11. The van der Waals surface area contributed by atoms with Gasteiger partial charge in [0.25, 0.3) is 0 Å². The van der Waals surface area contributed by atoms with Gasteiger partial charge in [0.1, 0.15) is 20.0 Å². The highest BCUT2D eigenvalue weighted by Gasteiger charge is 2.34. The van der Waals surface area contributed by atoms with Crippen LogP contribution >= 0.6 is 42.4 Å². The van der Waals surface area contributed by atoms with Crippen molar-refractivity contribution in [1.82, 2.24) is 20.3 Å². The van der Waals surface area contributed by atoms with E-state index in [2.05, 4.69) is 34.9 Å². The summed E-state index contributed by atoms with van der Waals surface area (Å²) < 4.78 is 50.4. The lowest BCUT2D eigenvalue weighted by Gasteiger charge is -2.14. The van der Waals surface area contributed by atoms with E-state index < -0.39 is 53.2 Å². The zero-order valence-electron chi connectivity index (χ0n) is 31.9. The first kappa shape index (κ1) is 49.5. The SMILES string of the molecule is C#CCOc1cc(-n2nc(C(C)(C)C)oc2=O)c(Cl)cc1Cl.CS(=O)(=O)c1cc(Cl)ccc1C(=O)c1cnoc1C1CC1.C[S+](C)C.O=C(O)CNCP(=O)([O-])O. The van der Waals surface area contributed by atoms with Gasteiger partial charge >= 0.3 is 11.7 Å². The van der Waals surface area contributed by atoms with Crippen molar-refractivity contribution in [1.29, 1.82) is 0 Å². The molecular formula is C35H42Cl3N4O12PS2. The molecule has 312 valence electrons. The van der Waals surface area contributed by atoms with Gasteiger partial charge < -0.3 is 33.1 Å². The van der Waals surface area contributed by atoms with E-state index >= 15 is 0 Å². The maximum Gasteiger partial charge on any atom is 0.442 e. The second-order valence-electron chi connectivity index (χ2n) is 13.5. The minimum absolute atomic E-state index is 0.0434. The summed E-state index contributed by atoms with van der Waals surface area (Å²) in [5, 5.41) is 18.6. The summed E-state index contributed by atoms with van der Waals surface area (Å²) >= 11 is 18.0. The fourth-order valence-corrected chi connectivity index (χ4v) is 6.19. The molecule has 2 heterocycles. The van der Waals surface area contributed by atoms with Crippen LogP contribution in [0, 0.1) is 12.3 Å². The highest BCUT2D eigenvalue weighted by atomic mass is 35.5. The van der Waals surface area contributed by atoms with Gasteiger partial charge in [0.05, 0.1) is 64.0 Å². The number of carboxylic acid groups (broad SMARTS) is 1. The van der Waals surface area contributed by atoms with Gasteiger partial charge in [0.15, 0.2) is 21.4 Å². The van der Waals surface area contributed by atoms with Crippen molar-refractivity contribution in [2.75, 3.05) is 44.5 Å². The molecule has 5 rings (SSSR count). The molecular weight excluding hydrogens is 870 g/mol. The third-order valence-electron chi connectivity index (χ3n) is 6.70. The lowest BCUT2D eigenvalue weighted by atomic mass is 9.97. The lowest BCUT2D eigenvalue weighted by molar-refractivity contribution is -0.193. The van der Waals surface area contributed by atoms with Crippen LogP contribution in [0.5, 0.6) is 5.75 Å². The molecule has 1 unspecified atom stereocenters. The number of hydrogen-bond acceptors (Lipinski definition) is 13. The molecule has 4 aromatic rings. The number of aromatic nitrogens is 3. The molecule has 1 saturated carbocycles. The van der Waals surface area contributed by atoms with Crippen LogP contribution in [-0.4, -0.2) is 89.6 Å². The van der Waals surface area contributed by atoms with Crippen LogP contribution in [-0.2, 0) is 35.5 Å². The van der Waals surface area contributed by atoms with Crippen molar-refractivity contribution in [2.24, 2.45) is 0 Å². The lowest BCUT2D eigenvalue weighted by Crippen LogP contribution is -2.25. The van der Waals surface area contributed by atoms with Crippen LogP contribution in [0.25, 0.3) is 5.69 Å². The Labute approximate surface area is 347 Å². The smallest absolute Gasteiger partial charge is 0.442 e. The largest absolute Gasteiger partial charge is 0.778 e. The van der Waals surface area contributed by atoms with E-state index in [0.717, 1.165) is 23.8 Å². The van der Waals surface area contributed by atoms with Crippen molar-refractivity contribution in [3.8, 4) is 23.8 Å². The number of carbonyl (C=O) groups is 2. The molecule has 3 N–H and O–H groups in total. The molecule has 16 nitrogen and oxygen atoms in total. The Kier molecular flexibility index (Phi) is 18.6. The fourth-order valence-electron chi connectivity index (χ4n) is 4.14. The minimum Gasteiger partial charge on any atom is -0.778 e. The van der Waals surface area contributed by atoms with Gasteiger partial charge in [-0.05, 0) is 48.0 Å². The Morgan fingerprint density at radius 2 is 1.75 bits per heavy atom.